The summed E-state index contributed by atoms with van der Waals surface area (Å²) >= 11 is 5.93. The van der Waals surface area contributed by atoms with Crippen LogP contribution in [0.2, 0.25) is 5.02 Å². The van der Waals surface area contributed by atoms with Crippen molar-refractivity contribution in [2.75, 3.05) is 0 Å². The van der Waals surface area contributed by atoms with Gasteiger partial charge in [-0.15, -0.1) is 0 Å². The number of carbonyl (C=O) groups excluding carboxylic acids is 1. The lowest BCUT2D eigenvalue weighted by molar-refractivity contribution is -0.120. The lowest BCUT2D eigenvalue weighted by Crippen LogP contribution is -2.28. The first kappa shape index (κ1) is 20.0. The second kappa shape index (κ2) is 8.20. The maximum absolute atomic E-state index is 12.6. The van der Waals surface area contributed by atoms with Crippen molar-refractivity contribution in [3.63, 3.8) is 0 Å². The van der Waals surface area contributed by atoms with Crippen LogP contribution < -0.4 is 5.69 Å². The van der Waals surface area contributed by atoms with Crippen LogP contribution in [-0.2, 0) is 17.6 Å². The van der Waals surface area contributed by atoms with Crippen LogP contribution in [-0.4, -0.2) is 20.4 Å². The maximum atomic E-state index is 12.6. The van der Waals surface area contributed by atoms with Crippen LogP contribution in [0.3, 0.4) is 0 Å². The van der Waals surface area contributed by atoms with E-state index in [9.17, 15) is 14.7 Å². The zero-order valence-corrected chi connectivity index (χ0v) is 17.2. The van der Waals surface area contributed by atoms with Crippen LogP contribution >= 0.6 is 11.6 Å². The third-order valence-corrected chi connectivity index (χ3v) is 5.54. The third-order valence-electron chi connectivity index (χ3n) is 5.29. The van der Waals surface area contributed by atoms with E-state index < -0.39 is 11.7 Å². The van der Waals surface area contributed by atoms with Gasteiger partial charge in [-0.1, -0.05) is 66.2 Å². The van der Waals surface area contributed by atoms with Gasteiger partial charge in [-0.2, -0.15) is 0 Å². The van der Waals surface area contributed by atoms with Crippen LogP contribution in [0.25, 0.3) is 10.8 Å². The van der Waals surface area contributed by atoms with Crippen molar-refractivity contribution in [3.8, 4) is 5.88 Å². The van der Waals surface area contributed by atoms with Gasteiger partial charge >= 0.3 is 5.69 Å². The number of halogens is 1. The molecule has 0 aliphatic heterocycles. The first-order chi connectivity index (χ1) is 14.4. The summed E-state index contributed by atoms with van der Waals surface area (Å²) in [5, 5.41) is 13.6. The summed E-state index contributed by atoms with van der Waals surface area (Å²) in [5.41, 5.74) is 1.69. The number of ketones is 1. The van der Waals surface area contributed by atoms with Crippen molar-refractivity contribution >= 4 is 28.2 Å². The van der Waals surface area contributed by atoms with Crippen molar-refractivity contribution in [2.24, 2.45) is 0 Å². The molecule has 152 valence electrons. The van der Waals surface area contributed by atoms with Crippen molar-refractivity contribution in [1.82, 2.24) is 9.55 Å². The predicted molar refractivity (Wildman–Crippen MR) is 118 cm³/mol. The van der Waals surface area contributed by atoms with Gasteiger partial charge in [-0.3, -0.25) is 9.36 Å². The van der Waals surface area contributed by atoms with E-state index in [4.69, 9.17) is 11.6 Å². The number of hydrogen-bond donors (Lipinski definition) is 2. The highest BCUT2D eigenvalue weighted by molar-refractivity contribution is 6.30. The molecular weight excluding hydrogens is 400 g/mol. The van der Waals surface area contributed by atoms with Gasteiger partial charge in [-0.25, -0.2) is 4.79 Å². The molecule has 1 atom stereocenters. The SMILES string of the molecule is CC(=O)C(Cc1ccc(Cl)cc1)n1c(O)c(Cc2ccc3ccccc3c2)[nH]c1=O. The summed E-state index contributed by atoms with van der Waals surface area (Å²) in [4.78, 5) is 27.7. The average molecular weight is 421 g/mol. The highest BCUT2D eigenvalue weighted by atomic mass is 35.5. The largest absolute Gasteiger partial charge is 0.493 e. The molecule has 0 fully saturated rings. The van der Waals surface area contributed by atoms with E-state index in [2.05, 4.69) is 4.98 Å². The van der Waals surface area contributed by atoms with Crippen molar-refractivity contribution in [2.45, 2.75) is 25.8 Å². The first-order valence-corrected chi connectivity index (χ1v) is 10.0. The van der Waals surface area contributed by atoms with Gasteiger partial charge in [0.2, 0.25) is 5.88 Å². The molecule has 30 heavy (non-hydrogen) atoms. The van der Waals surface area contributed by atoms with Gasteiger partial charge in [0.1, 0.15) is 6.04 Å². The Morgan fingerprint density at radius 1 is 1.03 bits per heavy atom. The van der Waals surface area contributed by atoms with Gasteiger partial charge < -0.3 is 10.1 Å². The van der Waals surface area contributed by atoms with Crippen LogP contribution in [0.15, 0.2) is 71.5 Å². The molecule has 0 spiro atoms. The molecular formula is C24H21ClN2O3. The number of hydrogen-bond acceptors (Lipinski definition) is 3. The van der Waals surface area contributed by atoms with Crippen molar-refractivity contribution in [3.05, 3.63) is 99.1 Å². The Bertz CT molecular complexity index is 1270. The van der Waals surface area contributed by atoms with Crippen LogP contribution in [0, 0.1) is 0 Å². The van der Waals surface area contributed by atoms with Crippen molar-refractivity contribution in [1.29, 1.82) is 0 Å². The zero-order valence-electron chi connectivity index (χ0n) is 16.4. The number of benzene rings is 3. The summed E-state index contributed by atoms with van der Waals surface area (Å²) in [7, 11) is 0. The fraction of sp³-hybridized carbons (Fsp3) is 0.167. The number of Topliss-reactive ketones (excluding diaryl/α,β-unsaturated/α-hetero) is 1. The molecule has 0 aliphatic carbocycles. The van der Waals surface area contributed by atoms with Gasteiger partial charge in [0, 0.05) is 17.9 Å². The summed E-state index contributed by atoms with van der Waals surface area (Å²) in [6, 6.07) is 20.3. The van der Waals surface area contributed by atoms with E-state index in [0.29, 0.717) is 17.1 Å². The smallest absolute Gasteiger partial charge is 0.329 e. The van der Waals surface area contributed by atoms with E-state index in [1.165, 1.54) is 6.92 Å². The van der Waals surface area contributed by atoms with E-state index in [0.717, 1.165) is 26.5 Å². The molecule has 0 aliphatic rings. The van der Waals surface area contributed by atoms with Crippen molar-refractivity contribution < 1.29 is 9.90 Å². The molecule has 1 unspecified atom stereocenters. The highest BCUT2D eigenvalue weighted by Gasteiger charge is 2.25. The molecule has 0 saturated carbocycles. The summed E-state index contributed by atoms with van der Waals surface area (Å²) in [6.07, 6.45) is 0.637. The monoisotopic (exact) mass is 420 g/mol. The third kappa shape index (κ3) is 4.02. The molecule has 0 bridgehead atoms. The Balaban J connectivity index is 1.66. The zero-order chi connectivity index (χ0) is 21.3. The standard InChI is InChI=1S/C24H21ClN2O3/c1-15(28)22(14-16-7-10-20(25)11-8-16)27-23(29)21(26-24(27)30)13-17-6-9-18-4-2-3-5-19(18)12-17/h2-12,22,29H,13-14H2,1H3,(H,26,30). The van der Waals surface area contributed by atoms with Crippen LogP contribution in [0.4, 0.5) is 0 Å². The lowest BCUT2D eigenvalue weighted by Gasteiger charge is -2.16. The summed E-state index contributed by atoms with van der Waals surface area (Å²) in [6.45, 7) is 1.42. The number of rotatable bonds is 6. The molecule has 5 nitrogen and oxygen atoms in total. The second-order valence-corrected chi connectivity index (χ2v) is 7.85. The summed E-state index contributed by atoms with van der Waals surface area (Å²) in [5.74, 6) is -0.416. The number of carbonyl (C=O) groups is 1. The average Bonchev–Trinajstić information content (AvgIpc) is 3.00. The molecule has 4 aromatic rings. The van der Waals surface area contributed by atoms with Gasteiger partial charge in [0.05, 0.1) is 5.69 Å². The van der Waals surface area contributed by atoms with Gasteiger partial charge in [-0.05, 0) is 41.0 Å². The minimum absolute atomic E-state index is 0.206. The molecule has 1 aromatic heterocycles. The van der Waals surface area contributed by atoms with Gasteiger partial charge in [0.25, 0.3) is 0 Å². The highest BCUT2D eigenvalue weighted by Crippen LogP contribution is 2.25. The number of nitrogens with one attached hydrogen (secondary N) is 1. The number of H-pyrrole nitrogens is 1. The molecule has 1 heterocycles. The number of fused-ring (bicyclic) bond motifs is 1. The van der Waals surface area contributed by atoms with Crippen LogP contribution in [0.5, 0.6) is 5.88 Å². The molecule has 0 saturated heterocycles. The Labute approximate surface area is 178 Å². The number of aromatic amines is 1. The number of aromatic hydroxyl groups is 1. The van der Waals surface area contributed by atoms with E-state index >= 15 is 0 Å². The fourth-order valence-corrected chi connectivity index (χ4v) is 3.84. The minimum atomic E-state index is -0.805. The Hall–Kier alpha value is -3.31. The Kier molecular flexibility index (Phi) is 5.46. The second-order valence-electron chi connectivity index (χ2n) is 7.42. The molecule has 2 N–H and O–H groups in total. The van der Waals surface area contributed by atoms with E-state index in [1.54, 1.807) is 12.1 Å². The Morgan fingerprint density at radius 2 is 1.70 bits per heavy atom. The number of imidazole rings is 1. The fourth-order valence-electron chi connectivity index (χ4n) is 3.71. The molecule has 3 aromatic carbocycles. The first-order valence-electron chi connectivity index (χ1n) is 9.67. The lowest BCUT2D eigenvalue weighted by atomic mass is 10.0. The predicted octanol–water partition coefficient (Wildman–Crippen LogP) is 4.65. The Morgan fingerprint density at radius 3 is 2.40 bits per heavy atom. The van der Waals surface area contributed by atoms with E-state index in [1.807, 2.05) is 54.6 Å². The van der Waals surface area contributed by atoms with Gasteiger partial charge in [0.15, 0.2) is 5.78 Å². The minimum Gasteiger partial charge on any atom is -0.493 e. The molecule has 0 amide bonds. The van der Waals surface area contributed by atoms with E-state index in [-0.39, 0.29) is 18.1 Å². The molecule has 6 heteroatoms. The summed E-state index contributed by atoms with van der Waals surface area (Å²) < 4.78 is 1.15. The quantitative estimate of drug-likeness (QED) is 0.476. The number of nitrogens with zero attached hydrogens (tertiary/aromatic N) is 1. The molecule has 4 rings (SSSR count). The van der Waals surface area contributed by atoms with Crippen LogP contribution in [0.1, 0.15) is 29.8 Å². The normalized spacial score (nSPS) is 12.2. The topological polar surface area (TPSA) is 75.1 Å². The molecule has 0 radical (unpaired) electrons. The number of aromatic nitrogens is 2. The maximum Gasteiger partial charge on any atom is 0.329 e.